The third-order valence-electron chi connectivity index (χ3n) is 2.89. The molecule has 1 atom stereocenters. The van der Waals surface area contributed by atoms with Crippen molar-refractivity contribution in [3.63, 3.8) is 0 Å². The summed E-state index contributed by atoms with van der Waals surface area (Å²) in [6.07, 6.45) is 1.22. The maximum atomic E-state index is 4.58. The van der Waals surface area contributed by atoms with Crippen molar-refractivity contribution in [2.24, 2.45) is 10.9 Å². The molecule has 0 saturated carbocycles. The van der Waals surface area contributed by atoms with Crippen LogP contribution in [0, 0.1) is 5.92 Å². The minimum atomic E-state index is 0.662. The lowest BCUT2D eigenvalue weighted by atomic mass is 9.91. The Morgan fingerprint density at radius 2 is 2.23 bits per heavy atom. The van der Waals surface area contributed by atoms with Crippen LogP contribution in [-0.2, 0) is 0 Å². The van der Waals surface area contributed by atoms with Crippen LogP contribution in [-0.4, -0.2) is 18.8 Å². The van der Waals surface area contributed by atoms with Gasteiger partial charge in [0, 0.05) is 36.0 Å². The highest BCUT2D eigenvalue weighted by atomic mass is 14.9. The van der Waals surface area contributed by atoms with E-state index >= 15 is 0 Å². The molecule has 2 aliphatic heterocycles. The van der Waals surface area contributed by atoms with Gasteiger partial charge in [0.25, 0.3) is 0 Å². The standard InChI is InChI=1S/C11H12N2/c1-2-4-10-9(3-1)11-8(7-13-10)5-6-12-11/h1-4,8,13H,5-7H2. The van der Waals surface area contributed by atoms with Gasteiger partial charge in [0.1, 0.15) is 0 Å². The second kappa shape index (κ2) is 2.59. The van der Waals surface area contributed by atoms with Crippen molar-refractivity contribution in [2.45, 2.75) is 6.42 Å². The van der Waals surface area contributed by atoms with Crippen LogP contribution in [0.25, 0.3) is 0 Å². The van der Waals surface area contributed by atoms with Crippen molar-refractivity contribution >= 4 is 11.4 Å². The number of hydrogen-bond donors (Lipinski definition) is 1. The number of aliphatic imine (C=N–C) groups is 1. The number of anilines is 1. The SMILES string of the molecule is c1ccc2c(c1)NCC1CCN=C21. The topological polar surface area (TPSA) is 24.4 Å². The largest absolute Gasteiger partial charge is 0.384 e. The van der Waals surface area contributed by atoms with Gasteiger partial charge in [0.05, 0.1) is 0 Å². The summed E-state index contributed by atoms with van der Waals surface area (Å²) < 4.78 is 0. The first kappa shape index (κ1) is 7.13. The summed E-state index contributed by atoms with van der Waals surface area (Å²) in [4.78, 5) is 4.58. The summed E-state index contributed by atoms with van der Waals surface area (Å²) in [6.45, 7) is 2.08. The van der Waals surface area contributed by atoms with E-state index in [0.717, 1.165) is 13.1 Å². The van der Waals surface area contributed by atoms with Gasteiger partial charge in [0.2, 0.25) is 0 Å². The maximum Gasteiger partial charge on any atom is 0.0490 e. The number of para-hydroxylation sites is 1. The number of rotatable bonds is 0. The summed E-state index contributed by atoms with van der Waals surface area (Å²) in [6, 6.07) is 8.45. The molecule has 0 saturated heterocycles. The molecule has 0 fully saturated rings. The zero-order chi connectivity index (χ0) is 8.67. The Morgan fingerprint density at radius 3 is 3.23 bits per heavy atom. The minimum absolute atomic E-state index is 0.662. The van der Waals surface area contributed by atoms with Crippen LogP contribution >= 0.6 is 0 Å². The molecule has 3 rings (SSSR count). The fraction of sp³-hybridized carbons (Fsp3) is 0.364. The van der Waals surface area contributed by atoms with Gasteiger partial charge in [-0.05, 0) is 12.5 Å². The van der Waals surface area contributed by atoms with E-state index in [1.807, 2.05) is 0 Å². The van der Waals surface area contributed by atoms with Gasteiger partial charge in [-0.2, -0.15) is 0 Å². The quantitative estimate of drug-likeness (QED) is 0.635. The summed E-state index contributed by atoms with van der Waals surface area (Å²) >= 11 is 0. The van der Waals surface area contributed by atoms with Crippen molar-refractivity contribution in [3.8, 4) is 0 Å². The molecule has 1 N–H and O–H groups in total. The van der Waals surface area contributed by atoms with Crippen LogP contribution in [0.5, 0.6) is 0 Å². The number of fused-ring (bicyclic) bond motifs is 3. The molecule has 0 spiro atoms. The summed E-state index contributed by atoms with van der Waals surface area (Å²) in [7, 11) is 0. The Bertz CT molecular complexity index is 368. The third-order valence-corrected chi connectivity index (χ3v) is 2.89. The van der Waals surface area contributed by atoms with Crippen molar-refractivity contribution < 1.29 is 0 Å². The average Bonchev–Trinajstić information content (AvgIpc) is 2.65. The van der Waals surface area contributed by atoms with E-state index in [0.29, 0.717) is 5.92 Å². The Morgan fingerprint density at radius 1 is 1.31 bits per heavy atom. The number of hydrogen-bond acceptors (Lipinski definition) is 2. The third kappa shape index (κ3) is 0.981. The molecule has 2 nitrogen and oxygen atoms in total. The fourth-order valence-corrected chi connectivity index (χ4v) is 2.20. The van der Waals surface area contributed by atoms with Crippen molar-refractivity contribution in [2.75, 3.05) is 18.4 Å². The van der Waals surface area contributed by atoms with Crippen LogP contribution < -0.4 is 5.32 Å². The molecule has 2 heteroatoms. The van der Waals surface area contributed by atoms with Gasteiger partial charge in [-0.25, -0.2) is 0 Å². The minimum Gasteiger partial charge on any atom is -0.384 e. The smallest absolute Gasteiger partial charge is 0.0490 e. The van der Waals surface area contributed by atoms with Gasteiger partial charge in [-0.15, -0.1) is 0 Å². The Hall–Kier alpha value is -1.31. The second-order valence-electron chi connectivity index (χ2n) is 3.68. The van der Waals surface area contributed by atoms with Gasteiger partial charge in [-0.3, -0.25) is 4.99 Å². The van der Waals surface area contributed by atoms with E-state index in [1.54, 1.807) is 0 Å². The van der Waals surface area contributed by atoms with Crippen LogP contribution in [0.3, 0.4) is 0 Å². The Kier molecular flexibility index (Phi) is 1.42. The number of nitrogens with one attached hydrogen (secondary N) is 1. The molecule has 0 aromatic heterocycles. The highest BCUT2D eigenvalue weighted by Crippen LogP contribution is 2.29. The number of nitrogens with zero attached hydrogens (tertiary/aromatic N) is 1. The zero-order valence-electron chi connectivity index (χ0n) is 7.46. The molecule has 2 aliphatic rings. The monoisotopic (exact) mass is 172 g/mol. The molecular weight excluding hydrogens is 160 g/mol. The molecule has 1 aromatic rings. The molecule has 0 radical (unpaired) electrons. The molecule has 1 aromatic carbocycles. The lowest BCUT2D eigenvalue weighted by Crippen LogP contribution is -2.27. The summed E-state index contributed by atoms with van der Waals surface area (Å²) in [5.41, 5.74) is 3.89. The highest BCUT2D eigenvalue weighted by Gasteiger charge is 2.27. The average molecular weight is 172 g/mol. The van der Waals surface area contributed by atoms with E-state index in [4.69, 9.17) is 0 Å². The van der Waals surface area contributed by atoms with Crippen LogP contribution in [0.4, 0.5) is 5.69 Å². The first-order valence-electron chi connectivity index (χ1n) is 4.83. The summed E-state index contributed by atoms with van der Waals surface area (Å²) in [5.74, 6) is 0.662. The Balaban J connectivity index is 2.15. The number of benzene rings is 1. The van der Waals surface area contributed by atoms with Crippen molar-refractivity contribution in [1.29, 1.82) is 0 Å². The maximum absolute atomic E-state index is 4.58. The second-order valence-corrected chi connectivity index (χ2v) is 3.68. The fourth-order valence-electron chi connectivity index (χ4n) is 2.20. The van der Waals surface area contributed by atoms with Crippen LogP contribution in [0.2, 0.25) is 0 Å². The first-order valence-corrected chi connectivity index (χ1v) is 4.83. The zero-order valence-corrected chi connectivity index (χ0v) is 7.46. The lowest BCUT2D eigenvalue weighted by molar-refractivity contribution is 0.704. The first-order chi connectivity index (χ1) is 6.45. The van der Waals surface area contributed by atoms with E-state index in [1.165, 1.54) is 23.4 Å². The van der Waals surface area contributed by atoms with Gasteiger partial charge in [-0.1, -0.05) is 18.2 Å². The highest BCUT2D eigenvalue weighted by molar-refractivity contribution is 6.09. The molecule has 0 aliphatic carbocycles. The van der Waals surface area contributed by atoms with Crippen LogP contribution in [0.15, 0.2) is 29.3 Å². The van der Waals surface area contributed by atoms with Gasteiger partial charge in [0.15, 0.2) is 0 Å². The molecular formula is C11H12N2. The van der Waals surface area contributed by atoms with Crippen molar-refractivity contribution in [1.82, 2.24) is 0 Å². The van der Waals surface area contributed by atoms with E-state index in [9.17, 15) is 0 Å². The predicted molar refractivity (Wildman–Crippen MR) is 54.4 cm³/mol. The molecule has 1 unspecified atom stereocenters. The van der Waals surface area contributed by atoms with E-state index in [2.05, 4.69) is 34.6 Å². The van der Waals surface area contributed by atoms with Crippen molar-refractivity contribution in [3.05, 3.63) is 29.8 Å². The molecule has 0 bridgehead atoms. The van der Waals surface area contributed by atoms with Gasteiger partial charge < -0.3 is 5.32 Å². The Labute approximate surface area is 77.7 Å². The van der Waals surface area contributed by atoms with Gasteiger partial charge >= 0.3 is 0 Å². The van der Waals surface area contributed by atoms with E-state index in [-0.39, 0.29) is 0 Å². The molecule has 2 heterocycles. The molecule has 13 heavy (non-hydrogen) atoms. The molecule has 66 valence electrons. The van der Waals surface area contributed by atoms with E-state index < -0.39 is 0 Å². The normalized spacial score (nSPS) is 24.3. The van der Waals surface area contributed by atoms with Crippen LogP contribution in [0.1, 0.15) is 12.0 Å². The lowest BCUT2D eigenvalue weighted by Gasteiger charge is -2.23. The molecule has 0 amide bonds. The predicted octanol–water partition coefficient (Wildman–Crippen LogP) is 1.92. The summed E-state index contributed by atoms with van der Waals surface area (Å²) in [5, 5.41) is 3.45.